The summed E-state index contributed by atoms with van der Waals surface area (Å²) in [7, 11) is 0. The Labute approximate surface area is 111 Å². The van der Waals surface area contributed by atoms with Crippen LogP contribution in [0.4, 0.5) is 0 Å². The van der Waals surface area contributed by atoms with E-state index in [1.807, 2.05) is 27.7 Å². The summed E-state index contributed by atoms with van der Waals surface area (Å²) >= 11 is 0. The van der Waals surface area contributed by atoms with Crippen molar-refractivity contribution < 1.29 is 14.4 Å². The molecule has 1 rings (SSSR count). The highest BCUT2D eigenvalue weighted by atomic mass is 16.6. The van der Waals surface area contributed by atoms with Gasteiger partial charge in [-0.2, -0.15) is 0 Å². The Balaban J connectivity index is 2.72. The Bertz CT molecular complexity index is 353. The van der Waals surface area contributed by atoms with E-state index in [0.29, 0.717) is 0 Å². The number of hydrogen-bond acceptors (Lipinski definition) is 2. The molecule has 0 aliphatic carbocycles. The molecule has 1 aliphatic heterocycles. The first-order valence-corrected chi connectivity index (χ1v) is 6.78. The molecule has 1 saturated heterocycles. The zero-order valence-corrected chi connectivity index (χ0v) is 12.4. The highest BCUT2D eigenvalue weighted by Crippen LogP contribution is 2.33. The maximum atomic E-state index is 11.2. The van der Waals surface area contributed by atoms with Crippen LogP contribution >= 0.6 is 0 Å². The predicted octanol–water partition coefficient (Wildman–Crippen LogP) is 1.04. The van der Waals surface area contributed by atoms with Crippen molar-refractivity contribution in [3.8, 4) is 11.8 Å². The van der Waals surface area contributed by atoms with Gasteiger partial charge in [0.05, 0.1) is 13.1 Å². The molecule has 3 heteroatoms. The molecule has 0 aromatic heterocycles. The number of esters is 1. The summed E-state index contributed by atoms with van der Waals surface area (Å²) < 4.78 is 5.45. The summed E-state index contributed by atoms with van der Waals surface area (Å²) in [6, 6.07) is 0. The van der Waals surface area contributed by atoms with Gasteiger partial charge in [-0.3, -0.25) is 4.79 Å². The molecule has 3 nitrogen and oxygen atoms in total. The van der Waals surface area contributed by atoms with Gasteiger partial charge in [0.2, 0.25) is 0 Å². The molecule has 1 atom stereocenters. The van der Waals surface area contributed by atoms with Crippen LogP contribution in [0.5, 0.6) is 0 Å². The van der Waals surface area contributed by atoms with Gasteiger partial charge in [0.15, 0.2) is 5.60 Å². The van der Waals surface area contributed by atoms with Crippen LogP contribution in [0.25, 0.3) is 0 Å². The number of quaternary nitrogens is 1. The first-order valence-electron chi connectivity index (χ1n) is 6.78. The largest absolute Gasteiger partial charge is 0.446 e. The van der Waals surface area contributed by atoms with Crippen LogP contribution in [0.2, 0.25) is 0 Å². The number of nitrogens with one attached hydrogen (secondary N) is 1. The highest BCUT2D eigenvalue weighted by molar-refractivity contribution is 5.67. The predicted molar refractivity (Wildman–Crippen MR) is 72.2 cm³/mol. The second-order valence-electron chi connectivity index (χ2n) is 6.31. The quantitative estimate of drug-likeness (QED) is 0.588. The van der Waals surface area contributed by atoms with Crippen LogP contribution in [0, 0.1) is 17.3 Å². The van der Waals surface area contributed by atoms with E-state index in [1.54, 1.807) is 4.90 Å². The van der Waals surface area contributed by atoms with E-state index < -0.39 is 5.60 Å². The van der Waals surface area contributed by atoms with E-state index in [0.717, 1.165) is 6.54 Å². The fourth-order valence-corrected chi connectivity index (χ4v) is 2.04. The summed E-state index contributed by atoms with van der Waals surface area (Å²) in [5.41, 5.74) is -0.899. The topological polar surface area (TPSA) is 30.7 Å². The second-order valence-corrected chi connectivity index (χ2v) is 6.31. The van der Waals surface area contributed by atoms with Crippen molar-refractivity contribution in [2.24, 2.45) is 5.41 Å². The average Bonchev–Trinajstić information content (AvgIpc) is 2.67. The zero-order chi connectivity index (χ0) is 13.8. The van der Waals surface area contributed by atoms with E-state index in [1.165, 1.54) is 32.9 Å². The van der Waals surface area contributed by atoms with Gasteiger partial charge in [0.1, 0.15) is 6.54 Å². The number of ether oxygens (including phenoxy) is 1. The van der Waals surface area contributed by atoms with Crippen molar-refractivity contribution in [1.29, 1.82) is 0 Å². The lowest BCUT2D eigenvalue weighted by atomic mass is 9.78. The number of rotatable bonds is 2. The van der Waals surface area contributed by atoms with E-state index in [2.05, 4.69) is 11.8 Å². The van der Waals surface area contributed by atoms with Gasteiger partial charge >= 0.3 is 5.97 Å². The van der Waals surface area contributed by atoms with Crippen molar-refractivity contribution in [3.63, 3.8) is 0 Å². The first-order chi connectivity index (χ1) is 8.24. The van der Waals surface area contributed by atoms with Gasteiger partial charge < -0.3 is 9.64 Å². The van der Waals surface area contributed by atoms with E-state index in [9.17, 15) is 4.79 Å². The van der Waals surface area contributed by atoms with Crippen LogP contribution in [0.3, 0.4) is 0 Å². The molecule has 1 heterocycles. The lowest BCUT2D eigenvalue weighted by Gasteiger charge is -2.36. The fourth-order valence-electron chi connectivity index (χ4n) is 2.04. The normalized spacial score (nSPS) is 19.8. The van der Waals surface area contributed by atoms with Crippen molar-refractivity contribution in [3.05, 3.63) is 0 Å². The lowest BCUT2D eigenvalue weighted by molar-refractivity contribution is -0.879. The minimum atomic E-state index is -0.710. The number of carbonyl (C=O) groups is 1. The van der Waals surface area contributed by atoms with Gasteiger partial charge in [-0.05, 0) is 18.8 Å². The molecule has 0 unspecified atom stereocenters. The molecule has 0 aromatic rings. The summed E-state index contributed by atoms with van der Waals surface area (Å²) in [4.78, 5) is 12.8. The van der Waals surface area contributed by atoms with Crippen molar-refractivity contribution in [2.45, 2.75) is 53.1 Å². The van der Waals surface area contributed by atoms with Crippen LogP contribution in [-0.4, -0.2) is 31.2 Å². The zero-order valence-electron chi connectivity index (χ0n) is 12.4. The molecule has 0 aromatic carbocycles. The number of hydrogen-bond donors (Lipinski definition) is 1. The summed E-state index contributed by atoms with van der Waals surface area (Å²) in [5.74, 6) is 6.13. The summed E-state index contributed by atoms with van der Waals surface area (Å²) in [6.45, 7) is 12.8. The molecular weight excluding hydrogens is 226 g/mol. The maximum Gasteiger partial charge on any atom is 0.304 e. The monoisotopic (exact) mass is 252 g/mol. The van der Waals surface area contributed by atoms with Gasteiger partial charge in [-0.15, -0.1) is 0 Å². The third-order valence-electron chi connectivity index (χ3n) is 3.76. The smallest absolute Gasteiger partial charge is 0.304 e. The third kappa shape index (κ3) is 4.03. The Hall–Kier alpha value is -1.01. The minimum absolute atomic E-state index is 0.188. The molecular formula is C15H26NO2+. The molecule has 18 heavy (non-hydrogen) atoms. The Morgan fingerprint density at radius 2 is 1.78 bits per heavy atom. The minimum Gasteiger partial charge on any atom is -0.446 e. The molecule has 102 valence electrons. The van der Waals surface area contributed by atoms with E-state index in [-0.39, 0.29) is 11.4 Å². The molecule has 0 amide bonds. The van der Waals surface area contributed by atoms with Crippen LogP contribution in [0.15, 0.2) is 0 Å². The molecule has 0 spiro atoms. The van der Waals surface area contributed by atoms with Crippen LogP contribution in [-0.2, 0) is 9.53 Å². The summed E-state index contributed by atoms with van der Waals surface area (Å²) in [6.07, 6.45) is 2.61. The first kappa shape index (κ1) is 15.0. The summed E-state index contributed by atoms with van der Waals surface area (Å²) in [5, 5.41) is 0. The lowest BCUT2D eigenvalue weighted by Crippen LogP contribution is -3.09. The van der Waals surface area contributed by atoms with Crippen molar-refractivity contribution in [2.75, 3.05) is 19.6 Å². The van der Waals surface area contributed by atoms with Crippen LogP contribution in [0.1, 0.15) is 47.5 Å². The SMILES string of the molecule is CC(=O)O[C@](C)(C#CC[NH+]1CCCC1)C(C)(C)C. The number of likely N-dealkylation sites (tertiary alicyclic amines) is 1. The maximum absolute atomic E-state index is 11.2. The van der Waals surface area contributed by atoms with Crippen molar-refractivity contribution >= 4 is 5.97 Å². The Morgan fingerprint density at radius 1 is 1.22 bits per heavy atom. The molecule has 1 aliphatic rings. The third-order valence-corrected chi connectivity index (χ3v) is 3.76. The fraction of sp³-hybridized carbons (Fsp3) is 0.800. The number of carbonyl (C=O) groups excluding carboxylic acids is 1. The average molecular weight is 252 g/mol. The van der Waals surface area contributed by atoms with Gasteiger partial charge in [-0.25, -0.2) is 0 Å². The Kier molecular flexibility index (Phi) is 4.81. The van der Waals surface area contributed by atoms with Gasteiger partial charge in [-0.1, -0.05) is 20.8 Å². The Morgan fingerprint density at radius 3 is 2.22 bits per heavy atom. The molecule has 0 radical (unpaired) electrons. The molecule has 1 N–H and O–H groups in total. The highest BCUT2D eigenvalue weighted by Gasteiger charge is 2.39. The van der Waals surface area contributed by atoms with Gasteiger partial charge in [0.25, 0.3) is 0 Å². The van der Waals surface area contributed by atoms with E-state index >= 15 is 0 Å². The second kappa shape index (κ2) is 5.75. The van der Waals surface area contributed by atoms with E-state index in [4.69, 9.17) is 4.74 Å². The standard InChI is InChI=1S/C15H25NO2/c1-13(17)18-15(5,14(2,3)4)9-8-12-16-10-6-7-11-16/h6-7,10-12H2,1-5H3/p+1/t15-/m1/s1. The van der Waals surface area contributed by atoms with Crippen LogP contribution < -0.4 is 4.90 Å². The van der Waals surface area contributed by atoms with Gasteiger partial charge in [0, 0.05) is 25.2 Å². The molecule has 0 bridgehead atoms. The van der Waals surface area contributed by atoms with Crippen molar-refractivity contribution in [1.82, 2.24) is 0 Å². The molecule has 0 saturated carbocycles. The molecule has 1 fully saturated rings.